The van der Waals surface area contributed by atoms with E-state index in [0.29, 0.717) is 5.88 Å². The summed E-state index contributed by atoms with van der Waals surface area (Å²) >= 11 is 0. The van der Waals surface area contributed by atoms with Crippen molar-refractivity contribution < 1.29 is 14.6 Å². The number of nitrogens with zero attached hydrogens (tertiary/aromatic N) is 1. The van der Waals surface area contributed by atoms with Gasteiger partial charge in [-0.25, -0.2) is 4.98 Å². The average molecular weight is 251 g/mol. The summed E-state index contributed by atoms with van der Waals surface area (Å²) in [6, 6.07) is 3.77. The van der Waals surface area contributed by atoms with Gasteiger partial charge in [-0.2, -0.15) is 0 Å². The minimum atomic E-state index is 0.0311. The summed E-state index contributed by atoms with van der Waals surface area (Å²) in [5.41, 5.74) is 1.86. The number of rotatable bonds is 5. The fourth-order valence-corrected chi connectivity index (χ4v) is 2.12. The fraction of sp³-hybridized carbons (Fsp3) is 0.643. The van der Waals surface area contributed by atoms with E-state index in [1.54, 1.807) is 0 Å². The van der Waals surface area contributed by atoms with Crippen LogP contribution in [0.25, 0.3) is 0 Å². The zero-order valence-corrected chi connectivity index (χ0v) is 10.9. The fourth-order valence-electron chi connectivity index (χ4n) is 2.12. The minimum Gasteiger partial charge on any atom is -0.474 e. The van der Waals surface area contributed by atoms with Gasteiger partial charge in [0.25, 0.3) is 0 Å². The van der Waals surface area contributed by atoms with E-state index in [1.807, 2.05) is 12.1 Å². The van der Waals surface area contributed by atoms with E-state index in [2.05, 4.69) is 11.9 Å². The molecule has 0 bridgehead atoms. The summed E-state index contributed by atoms with van der Waals surface area (Å²) in [6.45, 7) is 3.66. The van der Waals surface area contributed by atoms with Gasteiger partial charge in [-0.3, -0.25) is 0 Å². The molecule has 0 amide bonds. The molecule has 0 radical (unpaired) electrons. The first kappa shape index (κ1) is 13.3. The molecule has 0 unspecified atom stereocenters. The molecule has 1 fully saturated rings. The van der Waals surface area contributed by atoms with E-state index in [1.165, 1.54) is 0 Å². The van der Waals surface area contributed by atoms with Gasteiger partial charge in [0, 0.05) is 24.6 Å². The summed E-state index contributed by atoms with van der Waals surface area (Å²) in [5, 5.41) is 9.26. The second-order valence-electron chi connectivity index (χ2n) is 4.64. The summed E-state index contributed by atoms with van der Waals surface area (Å²) in [7, 11) is 0. The standard InChI is InChI=1S/C14H21NO3/c1-2-3-12-8-11(10-16)9-14(15-12)18-13-4-6-17-7-5-13/h8-9,13,16H,2-7,10H2,1H3. The molecule has 0 spiro atoms. The molecule has 4 heteroatoms. The highest BCUT2D eigenvalue weighted by atomic mass is 16.5. The number of aromatic nitrogens is 1. The van der Waals surface area contributed by atoms with Crippen molar-refractivity contribution in [1.29, 1.82) is 0 Å². The summed E-state index contributed by atoms with van der Waals surface area (Å²) in [5.74, 6) is 0.636. The van der Waals surface area contributed by atoms with Crippen LogP contribution in [0.5, 0.6) is 5.88 Å². The van der Waals surface area contributed by atoms with E-state index < -0.39 is 0 Å². The molecule has 1 aliphatic rings. The number of aliphatic hydroxyl groups is 1. The maximum absolute atomic E-state index is 9.26. The second kappa shape index (κ2) is 6.71. The van der Waals surface area contributed by atoms with Crippen LogP contribution in [0.3, 0.4) is 0 Å². The predicted molar refractivity (Wildman–Crippen MR) is 68.6 cm³/mol. The van der Waals surface area contributed by atoms with Crippen molar-refractivity contribution in [2.24, 2.45) is 0 Å². The molecule has 0 aliphatic carbocycles. The van der Waals surface area contributed by atoms with Crippen molar-refractivity contribution in [3.8, 4) is 5.88 Å². The number of pyridine rings is 1. The summed E-state index contributed by atoms with van der Waals surface area (Å²) in [6.07, 6.45) is 3.97. The minimum absolute atomic E-state index is 0.0311. The maximum Gasteiger partial charge on any atom is 0.214 e. The first-order chi connectivity index (χ1) is 8.81. The molecular formula is C14H21NO3. The van der Waals surface area contributed by atoms with Crippen LogP contribution in [0.15, 0.2) is 12.1 Å². The lowest BCUT2D eigenvalue weighted by molar-refractivity contribution is 0.0236. The van der Waals surface area contributed by atoms with Crippen LogP contribution in [-0.4, -0.2) is 29.4 Å². The number of aryl methyl sites for hydroxylation is 1. The van der Waals surface area contributed by atoms with Crippen LogP contribution >= 0.6 is 0 Å². The lowest BCUT2D eigenvalue weighted by atomic mass is 10.1. The Balaban J connectivity index is 2.07. The van der Waals surface area contributed by atoms with Crippen molar-refractivity contribution >= 4 is 0 Å². The Hall–Kier alpha value is -1.13. The van der Waals surface area contributed by atoms with Crippen molar-refractivity contribution in [3.05, 3.63) is 23.4 Å². The van der Waals surface area contributed by atoms with Gasteiger partial charge in [0.1, 0.15) is 6.10 Å². The number of aliphatic hydroxyl groups excluding tert-OH is 1. The van der Waals surface area contributed by atoms with E-state index in [0.717, 1.165) is 50.2 Å². The van der Waals surface area contributed by atoms with Crippen molar-refractivity contribution in [1.82, 2.24) is 4.98 Å². The van der Waals surface area contributed by atoms with E-state index in [4.69, 9.17) is 9.47 Å². The van der Waals surface area contributed by atoms with Gasteiger partial charge >= 0.3 is 0 Å². The van der Waals surface area contributed by atoms with Crippen molar-refractivity contribution in [2.45, 2.75) is 45.3 Å². The van der Waals surface area contributed by atoms with Gasteiger partial charge in [-0.15, -0.1) is 0 Å². The first-order valence-electron chi connectivity index (χ1n) is 6.67. The molecule has 1 saturated heterocycles. The zero-order valence-electron chi connectivity index (χ0n) is 10.9. The quantitative estimate of drug-likeness (QED) is 0.870. The van der Waals surface area contributed by atoms with Crippen LogP contribution in [-0.2, 0) is 17.8 Å². The molecule has 2 heterocycles. The van der Waals surface area contributed by atoms with Crippen molar-refractivity contribution in [2.75, 3.05) is 13.2 Å². The normalized spacial score (nSPS) is 16.8. The first-order valence-corrected chi connectivity index (χ1v) is 6.67. The number of ether oxygens (including phenoxy) is 2. The molecule has 0 atom stereocenters. The van der Waals surface area contributed by atoms with Crippen molar-refractivity contribution in [3.63, 3.8) is 0 Å². The third-order valence-electron chi connectivity index (χ3n) is 3.06. The molecule has 1 N–H and O–H groups in total. The van der Waals surface area contributed by atoms with Crippen LogP contribution in [0.2, 0.25) is 0 Å². The molecule has 2 rings (SSSR count). The maximum atomic E-state index is 9.26. The zero-order chi connectivity index (χ0) is 12.8. The molecule has 4 nitrogen and oxygen atoms in total. The third-order valence-corrected chi connectivity index (χ3v) is 3.06. The van der Waals surface area contributed by atoms with Crippen LogP contribution in [0.1, 0.15) is 37.4 Å². The Morgan fingerprint density at radius 2 is 2.17 bits per heavy atom. The highest BCUT2D eigenvalue weighted by Crippen LogP contribution is 2.19. The highest BCUT2D eigenvalue weighted by molar-refractivity contribution is 5.25. The molecule has 100 valence electrons. The molecule has 1 aliphatic heterocycles. The lowest BCUT2D eigenvalue weighted by Gasteiger charge is -2.23. The lowest BCUT2D eigenvalue weighted by Crippen LogP contribution is -2.26. The van der Waals surface area contributed by atoms with Gasteiger partial charge in [-0.05, 0) is 18.1 Å². The average Bonchev–Trinajstić information content (AvgIpc) is 2.40. The van der Waals surface area contributed by atoms with Gasteiger partial charge in [0.2, 0.25) is 5.88 Å². The Kier molecular flexibility index (Phi) is 4.96. The smallest absolute Gasteiger partial charge is 0.214 e. The van der Waals surface area contributed by atoms with Gasteiger partial charge in [0.15, 0.2) is 0 Å². The summed E-state index contributed by atoms with van der Waals surface area (Å²) < 4.78 is 11.2. The van der Waals surface area contributed by atoms with E-state index >= 15 is 0 Å². The summed E-state index contributed by atoms with van der Waals surface area (Å²) in [4.78, 5) is 4.49. The number of hydrogen-bond donors (Lipinski definition) is 1. The third kappa shape index (κ3) is 3.68. The van der Waals surface area contributed by atoms with Crippen LogP contribution in [0, 0.1) is 0 Å². The topological polar surface area (TPSA) is 51.6 Å². The Morgan fingerprint density at radius 1 is 1.39 bits per heavy atom. The van der Waals surface area contributed by atoms with Gasteiger partial charge in [-0.1, -0.05) is 13.3 Å². The number of hydrogen-bond acceptors (Lipinski definition) is 4. The largest absolute Gasteiger partial charge is 0.474 e. The van der Waals surface area contributed by atoms with E-state index in [9.17, 15) is 5.11 Å². The molecule has 0 aromatic carbocycles. The van der Waals surface area contributed by atoms with Crippen LogP contribution < -0.4 is 4.74 Å². The predicted octanol–water partition coefficient (Wildman–Crippen LogP) is 2.08. The van der Waals surface area contributed by atoms with Gasteiger partial charge in [0.05, 0.1) is 19.8 Å². The molecule has 1 aromatic rings. The van der Waals surface area contributed by atoms with Gasteiger partial charge < -0.3 is 14.6 Å². The monoisotopic (exact) mass is 251 g/mol. The molecular weight excluding hydrogens is 230 g/mol. The molecule has 0 saturated carbocycles. The highest BCUT2D eigenvalue weighted by Gasteiger charge is 2.16. The Morgan fingerprint density at radius 3 is 2.83 bits per heavy atom. The van der Waals surface area contributed by atoms with E-state index in [-0.39, 0.29) is 12.7 Å². The molecule has 18 heavy (non-hydrogen) atoms. The Bertz CT molecular complexity index is 375. The second-order valence-corrected chi connectivity index (χ2v) is 4.64. The Labute approximate surface area is 108 Å². The van der Waals surface area contributed by atoms with Crippen LogP contribution in [0.4, 0.5) is 0 Å². The SMILES string of the molecule is CCCc1cc(CO)cc(OC2CCOCC2)n1. The molecule has 1 aromatic heterocycles.